The standard InChI is InChI=1S/C13H18N2OS/c1-9-3-4-11(13(14)17)12(7-9)15-6-5-10(8-15)16-2/h3-4,7,10H,5-6,8H2,1-2H3,(H2,14,17). The molecule has 1 saturated heterocycles. The van der Waals surface area contributed by atoms with Crippen LogP contribution in [0.15, 0.2) is 18.2 Å². The summed E-state index contributed by atoms with van der Waals surface area (Å²) in [6.07, 6.45) is 1.37. The van der Waals surface area contributed by atoms with Crippen LogP contribution in [-0.4, -0.2) is 31.3 Å². The lowest BCUT2D eigenvalue weighted by molar-refractivity contribution is 0.121. The highest BCUT2D eigenvalue weighted by Crippen LogP contribution is 2.26. The monoisotopic (exact) mass is 250 g/mol. The highest BCUT2D eigenvalue weighted by atomic mass is 32.1. The fourth-order valence-corrected chi connectivity index (χ4v) is 2.42. The van der Waals surface area contributed by atoms with Crippen molar-refractivity contribution in [2.75, 3.05) is 25.1 Å². The minimum absolute atomic E-state index is 0.315. The van der Waals surface area contributed by atoms with Gasteiger partial charge in [-0.05, 0) is 31.0 Å². The third-order valence-electron chi connectivity index (χ3n) is 3.24. The van der Waals surface area contributed by atoms with Gasteiger partial charge in [-0.2, -0.15) is 0 Å². The highest BCUT2D eigenvalue weighted by molar-refractivity contribution is 7.80. The number of anilines is 1. The Morgan fingerprint density at radius 3 is 2.88 bits per heavy atom. The first-order valence-electron chi connectivity index (χ1n) is 5.80. The van der Waals surface area contributed by atoms with E-state index in [-0.39, 0.29) is 0 Å². The van der Waals surface area contributed by atoms with Crippen molar-refractivity contribution >= 4 is 22.9 Å². The molecule has 1 aliphatic heterocycles. The molecule has 3 nitrogen and oxygen atoms in total. The summed E-state index contributed by atoms with van der Waals surface area (Å²) in [4.78, 5) is 2.76. The molecule has 0 spiro atoms. The SMILES string of the molecule is COC1CCN(c2cc(C)ccc2C(N)=S)C1. The van der Waals surface area contributed by atoms with Crippen molar-refractivity contribution in [1.82, 2.24) is 0 Å². The lowest BCUT2D eigenvalue weighted by Gasteiger charge is -2.22. The number of nitrogens with zero attached hydrogens (tertiary/aromatic N) is 1. The van der Waals surface area contributed by atoms with Crippen molar-refractivity contribution in [1.29, 1.82) is 0 Å². The Balaban J connectivity index is 2.31. The second-order valence-electron chi connectivity index (χ2n) is 4.48. The summed E-state index contributed by atoms with van der Waals surface area (Å²) < 4.78 is 5.39. The molecule has 0 saturated carbocycles. The molecule has 1 aromatic rings. The first-order valence-corrected chi connectivity index (χ1v) is 6.21. The van der Waals surface area contributed by atoms with Crippen LogP contribution in [-0.2, 0) is 4.74 Å². The molecular weight excluding hydrogens is 232 g/mol. The van der Waals surface area contributed by atoms with E-state index >= 15 is 0 Å². The first kappa shape index (κ1) is 12.3. The lowest BCUT2D eigenvalue weighted by atomic mass is 10.1. The maximum Gasteiger partial charge on any atom is 0.106 e. The molecule has 1 unspecified atom stereocenters. The number of nitrogens with two attached hydrogens (primary N) is 1. The van der Waals surface area contributed by atoms with Gasteiger partial charge in [-0.15, -0.1) is 0 Å². The van der Waals surface area contributed by atoms with E-state index in [1.807, 2.05) is 12.1 Å². The molecule has 0 amide bonds. The summed E-state index contributed by atoms with van der Waals surface area (Å²) in [7, 11) is 1.76. The Bertz CT molecular complexity index is 433. The largest absolute Gasteiger partial charge is 0.389 e. The Morgan fingerprint density at radius 2 is 2.29 bits per heavy atom. The summed E-state index contributed by atoms with van der Waals surface area (Å²) in [6.45, 7) is 3.99. The number of thiocarbonyl (C=S) groups is 1. The van der Waals surface area contributed by atoms with Crippen LogP contribution in [0.3, 0.4) is 0 Å². The fraction of sp³-hybridized carbons (Fsp3) is 0.462. The van der Waals surface area contributed by atoms with Crippen LogP contribution in [0, 0.1) is 6.92 Å². The van der Waals surface area contributed by atoms with Crippen molar-refractivity contribution in [3.8, 4) is 0 Å². The summed E-state index contributed by atoms with van der Waals surface area (Å²) in [6, 6.07) is 6.20. The van der Waals surface area contributed by atoms with Gasteiger partial charge in [0.25, 0.3) is 0 Å². The number of hydrogen-bond acceptors (Lipinski definition) is 3. The molecule has 1 heterocycles. The van der Waals surface area contributed by atoms with Crippen LogP contribution in [0.2, 0.25) is 0 Å². The van der Waals surface area contributed by atoms with Crippen LogP contribution >= 0.6 is 12.2 Å². The van der Waals surface area contributed by atoms with Gasteiger partial charge in [0.15, 0.2) is 0 Å². The quantitative estimate of drug-likeness (QED) is 0.831. The summed E-state index contributed by atoms with van der Waals surface area (Å²) in [5.41, 5.74) is 9.09. The molecule has 0 aliphatic carbocycles. The fourth-order valence-electron chi connectivity index (χ4n) is 2.25. The summed E-state index contributed by atoms with van der Waals surface area (Å²) >= 11 is 5.11. The van der Waals surface area contributed by atoms with Gasteiger partial charge in [-0.1, -0.05) is 18.3 Å². The zero-order chi connectivity index (χ0) is 12.4. The number of hydrogen-bond donors (Lipinski definition) is 1. The third kappa shape index (κ3) is 2.58. The van der Waals surface area contributed by atoms with Gasteiger partial charge in [-0.25, -0.2) is 0 Å². The number of ether oxygens (including phenoxy) is 1. The molecule has 4 heteroatoms. The molecule has 1 atom stereocenters. The second kappa shape index (κ2) is 5.02. The molecule has 1 fully saturated rings. The zero-order valence-electron chi connectivity index (χ0n) is 10.3. The second-order valence-corrected chi connectivity index (χ2v) is 4.92. The van der Waals surface area contributed by atoms with Gasteiger partial charge in [0.2, 0.25) is 0 Å². The molecule has 17 heavy (non-hydrogen) atoms. The topological polar surface area (TPSA) is 38.5 Å². The van der Waals surface area contributed by atoms with E-state index in [2.05, 4.69) is 17.9 Å². The van der Waals surface area contributed by atoms with Gasteiger partial charge in [0.1, 0.15) is 4.99 Å². The van der Waals surface area contributed by atoms with Gasteiger partial charge in [-0.3, -0.25) is 0 Å². The van der Waals surface area contributed by atoms with Crippen molar-refractivity contribution in [3.63, 3.8) is 0 Å². The first-order chi connectivity index (χ1) is 8.11. The maximum atomic E-state index is 5.77. The molecule has 92 valence electrons. The van der Waals surface area contributed by atoms with Gasteiger partial charge in [0.05, 0.1) is 6.10 Å². The summed E-state index contributed by atoms with van der Waals surface area (Å²) in [5, 5.41) is 0. The van der Waals surface area contributed by atoms with E-state index in [4.69, 9.17) is 22.7 Å². The summed E-state index contributed by atoms with van der Waals surface area (Å²) in [5.74, 6) is 0. The van der Waals surface area contributed by atoms with E-state index in [0.717, 1.165) is 30.8 Å². The average molecular weight is 250 g/mol. The van der Waals surface area contributed by atoms with E-state index in [1.165, 1.54) is 5.56 Å². The molecule has 0 bridgehead atoms. The van der Waals surface area contributed by atoms with Crippen LogP contribution in [0.5, 0.6) is 0 Å². The van der Waals surface area contributed by atoms with E-state index in [1.54, 1.807) is 7.11 Å². The molecule has 1 aliphatic rings. The Hall–Kier alpha value is -1.13. The highest BCUT2D eigenvalue weighted by Gasteiger charge is 2.24. The number of benzene rings is 1. The molecule has 2 rings (SSSR count). The van der Waals surface area contributed by atoms with Crippen LogP contribution in [0.1, 0.15) is 17.5 Å². The maximum absolute atomic E-state index is 5.77. The van der Waals surface area contributed by atoms with Crippen molar-refractivity contribution in [2.24, 2.45) is 5.73 Å². The van der Waals surface area contributed by atoms with Crippen LogP contribution < -0.4 is 10.6 Å². The minimum atomic E-state index is 0.315. The van der Waals surface area contributed by atoms with Gasteiger partial charge >= 0.3 is 0 Å². The molecular formula is C13H18N2OS. The molecule has 0 aromatic heterocycles. The Labute approximate surface area is 108 Å². The van der Waals surface area contributed by atoms with E-state index in [0.29, 0.717) is 11.1 Å². The minimum Gasteiger partial charge on any atom is -0.389 e. The van der Waals surface area contributed by atoms with E-state index in [9.17, 15) is 0 Å². The van der Waals surface area contributed by atoms with Crippen molar-refractivity contribution in [2.45, 2.75) is 19.4 Å². The van der Waals surface area contributed by atoms with Crippen molar-refractivity contribution < 1.29 is 4.74 Å². The van der Waals surface area contributed by atoms with Gasteiger partial charge < -0.3 is 15.4 Å². The number of rotatable bonds is 3. The lowest BCUT2D eigenvalue weighted by Crippen LogP contribution is -2.25. The number of aryl methyl sites for hydroxylation is 1. The van der Waals surface area contributed by atoms with Crippen LogP contribution in [0.4, 0.5) is 5.69 Å². The zero-order valence-corrected chi connectivity index (χ0v) is 11.1. The van der Waals surface area contributed by atoms with Gasteiger partial charge in [0, 0.05) is 31.5 Å². The third-order valence-corrected chi connectivity index (χ3v) is 3.46. The Kier molecular flexibility index (Phi) is 3.64. The molecule has 1 aromatic carbocycles. The van der Waals surface area contributed by atoms with E-state index < -0.39 is 0 Å². The molecule has 2 N–H and O–H groups in total. The predicted octanol–water partition coefficient (Wildman–Crippen LogP) is 1.85. The van der Waals surface area contributed by atoms with Crippen molar-refractivity contribution in [3.05, 3.63) is 29.3 Å². The number of methoxy groups -OCH3 is 1. The van der Waals surface area contributed by atoms with Crippen LogP contribution in [0.25, 0.3) is 0 Å². The Morgan fingerprint density at radius 1 is 1.53 bits per heavy atom. The smallest absolute Gasteiger partial charge is 0.106 e. The normalized spacial score (nSPS) is 19.6. The average Bonchev–Trinajstić information content (AvgIpc) is 2.76. The molecule has 0 radical (unpaired) electrons. The predicted molar refractivity (Wildman–Crippen MR) is 74.7 cm³/mol.